The molecule has 0 fully saturated rings. The van der Waals surface area contributed by atoms with Crippen LogP contribution in [0.25, 0.3) is 0 Å². The molecule has 0 aliphatic heterocycles. The number of hydrogen-bond acceptors (Lipinski definition) is 6. The standard InChI is InChI=1S/C8H15N3O4/c1-4(9)8(14)15-6(12)3-2-5(10)7(11)13/h4-5H,2-3,9-10H2,1H3,(H2,11,13)/t4-,5-/m0/s1. The first-order chi connectivity index (χ1) is 6.84. The highest BCUT2D eigenvalue weighted by Gasteiger charge is 2.17. The molecule has 0 aromatic carbocycles. The van der Waals surface area contributed by atoms with Gasteiger partial charge in [0, 0.05) is 6.42 Å². The summed E-state index contributed by atoms with van der Waals surface area (Å²) in [5.74, 6) is -2.29. The van der Waals surface area contributed by atoms with Gasteiger partial charge in [-0.05, 0) is 13.3 Å². The van der Waals surface area contributed by atoms with Gasteiger partial charge in [0.1, 0.15) is 6.04 Å². The Labute approximate surface area is 86.9 Å². The minimum atomic E-state index is -0.914. The Morgan fingerprint density at radius 3 is 2.20 bits per heavy atom. The van der Waals surface area contributed by atoms with Crippen LogP contribution in [-0.4, -0.2) is 29.9 Å². The maximum absolute atomic E-state index is 11.0. The highest BCUT2D eigenvalue weighted by atomic mass is 16.6. The van der Waals surface area contributed by atoms with E-state index >= 15 is 0 Å². The van der Waals surface area contributed by atoms with Gasteiger partial charge in [0.15, 0.2) is 0 Å². The summed E-state index contributed by atoms with van der Waals surface area (Å²) >= 11 is 0. The lowest BCUT2D eigenvalue weighted by Crippen LogP contribution is -2.37. The molecule has 0 aromatic heterocycles. The van der Waals surface area contributed by atoms with Crippen molar-refractivity contribution in [2.45, 2.75) is 31.8 Å². The first-order valence-corrected chi connectivity index (χ1v) is 4.39. The number of carbonyl (C=O) groups is 3. The van der Waals surface area contributed by atoms with E-state index in [0.29, 0.717) is 0 Å². The van der Waals surface area contributed by atoms with Crippen molar-refractivity contribution in [2.75, 3.05) is 0 Å². The molecule has 0 unspecified atom stereocenters. The highest BCUT2D eigenvalue weighted by Crippen LogP contribution is 1.97. The van der Waals surface area contributed by atoms with Crippen molar-refractivity contribution < 1.29 is 19.1 Å². The molecule has 0 bridgehead atoms. The van der Waals surface area contributed by atoms with Crippen LogP contribution in [0.1, 0.15) is 19.8 Å². The predicted molar refractivity (Wildman–Crippen MR) is 51.2 cm³/mol. The second-order valence-electron chi connectivity index (χ2n) is 3.13. The Balaban J connectivity index is 3.86. The summed E-state index contributed by atoms with van der Waals surface area (Å²) in [7, 11) is 0. The molecule has 0 aliphatic carbocycles. The van der Waals surface area contributed by atoms with E-state index in [2.05, 4.69) is 4.74 Å². The average molecular weight is 217 g/mol. The zero-order valence-electron chi connectivity index (χ0n) is 8.43. The Hall–Kier alpha value is -1.47. The van der Waals surface area contributed by atoms with Crippen molar-refractivity contribution in [1.82, 2.24) is 0 Å². The van der Waals surface area contributed by atoms with Gasteiger partial charge in [0.25, 0.3) is 0 Å². The second-order valence-corrected chi connectivity index (χ2v) is 3.13. The predicted octanol–water partition coefficient (Wildman–Crippen LogP) is -2.00. The van der Waals surface area contributed by atoms with E-state index in [1.165, 1.54) is 6.92 Å². The molecule has 2 atom stereocenters. The number of hydrogen-bond donors (Lipinski definition) is 3. The van der Waals surface area contributed by atoms with Crippen LogP contribution >= 0.6 is 0 Å². The number of nitrogens with two attached hydrogens (primary N) is 3. The van der Waals surface area contributed by atoms with Crippen molar-refractivity contribution in [1.29, 1.82) is 0 Å². The van der Waals surface area contributed by atoms with Crippen molar-refractivity contribution in [3.8, 4) is 0 Å². The number of carbonyl (C=O) groups excluding carboxylic acids is 3. The van der Waals surface area contributed by atoms with Crippen LogP contribution in [0, 0.1) is 0 Å². The number of esters is 2. The first-order valence-electron chi connectivity index (χ1n) is 4.39. The molecule has 86 valence electrons. The molecule has 7 nitrogen and oxygen atoms in total. The number of amides is 1. The number of primary amides is 1. The molecule has 0 rings (SSSR count). The SMILES string of the molecule is C[C@H](N)C(=O)OC(=O)CC[C@H](N)C(N)=O. The van der Waals surface area contributed by atoms with Gasteiger partial charge in [-0.3, -0.25) is 9.59 Å². The zero-order chi connectivity index (χ0) is 12.0. The van der Waals surface area contributed by atoms with Gasteiger partial charge in [0.05, 0.1) is 6.04 Å². The summed E-state index contributed by atoms with van der Waals surface area (Å²) < 4.78 is 4.33. The normalized spacial score (nSPS) is 14.1. The molecule has 0 heterocycles. The third-order valence-corrected chi connectivity index (χ3v) is 1.61. The minimum absolute atomic E-state index is 0.0421. The van der Waals surface area contributed by atoms with Crippen LogP contribution in [0.2, 0.25) is 0 Å². The molecule has 0 aliphatic rings. The van der Waals surface area contributed by atoms with E-state index in [0.717, 1.165) is 0 Å². The second kappa shape index (κ2) is 6.10. The molecule has 15 heavy (non-hydrogen) atoms. The highest BCUT2D eigenvalue weighted by molar-refractivity contribution is 5.88. The maximum atomic E-state index is 11.0. The fourth-order valence-electron chi connectivity index (χ4n) is 0.672. The smallest absolute Gasteiger partial charge is 0.330 e. The Bertz CT molecular complexity index is 265. The Morgan fingerprint density at radius 1 is 1.27 bits per heavy atom. The van der Waals surface area contributed by atoms with Crippen LogP contribution < -0.4 is 17.2 Å². The summed E-state index contributed by atoms with van der Waals surface area (Å²) in [5, 5.41) is 0. The van der Waals surface area contributed by atoms with E-state index in [1.807, 2.05) is 0 Å². The summed E-state index contributed by atoms with van der Waals surface area (Å²) in [6, 6.07) is -1.78. The zero-order valence-corrected chi connectivity index (χ0v) is 8.43. The molecule has 0 saturated heterocycles. The molecule has 0 radical (unpaired) electrons. The average Bonchev–Trinajstić information content (AvgIpc) is 2.13. The summed E-state index contributed by atoms with van der Waals surface area (Å²) in [6.07, 6.45) is -0.108. The largest absolute Gasteiger partial charge is 0.392 e. The molecular weight excluding hydrogens is 202 g/mol. The van der Waals surface area contributed by atoms with Gasteiger partial charge in [-0.1, -0.05) is 0 Å². The third kappa shape index (κ3) is 5.76. The molecular formula is C8H15N3O4. The quantitative estimate of drug-likeness (QED) is 0.359. The van der Waals surface area contributed by atoms with Gasteiger partial charge < -0.3 is 21.9 Å². The monoisotopic (exact) mass is 217 g/mol. The topological polar surface area (TPSA) is 138 Å². The molecule has 0 saturated carbocycles. The lowest BCUT2D eigenvalue weighted by Gasteiger charge is -2.07. The Kier molecular flexibility index (Phi) is 5.50. The molecule has 1 amide bonds. The van der Waals surface area contributed by atoms with E-state index < -0.39 is 29.9 Å². The summed E-state index contributed by atoms with van der Waals surface area (Å²) in [6.45, 7) is 1.39. The van der Waals surface area contributed by atoms with Crippen molar-refractivity contribution >= 4 is 17.8 Å². The van der Waals surface area contributed by atoms with Crippen LogP contribution in [0.5, 0.6) is 0 Å². The Morgan fingerprint density at radius 2 is 1.80 bits per heavy atom. The molecule has 7 heteroatoms. The van der Waals surface area contributed by atoms with Crippen molar-refractivity contribution in [3.05, 3.63) is 0 Å². The molecule has 0 spiro atoms. The van der Waals surface area contributed by atoms with Crippen LogP contribution in [0.3, 0.4) is 0 Å². The van der Waals surface area contributed by atoms with Crippen molar-refractivity contribution in [3.63, 3.8) is 0 Å². The fraction of sp³-hybridized carbons (Fsp3) is 0.625. The maximum Gasteiger partial charge on any atom is 0.330 e. The number of ether oxygens (including phenoxy) is 1. The van der Waals surface area contributed by atoms with E-state index in [4.69, 9.17) is 17.2 Å². The van der Waals surface area contributed by atoms with Gasteiger partial charge in [-0.15, -0.1) is 0 Å². The molecule has 6 N–H and O–H groups in total. The first kappa shape index (κ1) is 13.5. The van der Waals surface area contributed by atoms with Gasteiger partial charge in [-0.25, -0.2) is 4.79 Å². The van der Waals surface area contributed by atoms with Crippen molar-refractivity contribution in [2.24, 2.45) is 17.2 Å². The lowest BCUT2D eigenvalue weighted by atomic mass is 10.1. The van der Waals surface area contributed by atoms with Gasteiger partial charge in [0.2, 0.25) is 5.91 Å². The van der Waals surface area contributed by atoms with Gasteiger partial charge in [-0.2, -0.15) is 0 Å². The van der Waals surface area contributed by atoms with E-state index in [-0.39, 0.29) is 12.8 Å². The number of rotatable bonds is 5. The summed E-state index contributed by atoms with van der Waals surface area (Å²) in [5.41, 5.74) is 15.3. The van der Waals surface area contributed by atoms with E-state index in [1.54, 1.807) is 0 Å². The third-order valence-electron chi connectivity index (χ3n) is 1.61. The lowest BCUT2D eigenvalue weighted by molar-refractivity contribution is -0.160. The summed E-state index contributed by atoms with van der Waals surface area (Å²) in [4.78, 5) is 32.3. The fourth-order valence-corrected chi connectivity index (χ4v) is 0.672. The minimum Gasteiger partial charge on any atom is -0.392 e. The van der Waals surface area contributed by atoms with Crippen LogP contribution in [0.15, 0.2) is 0 Å². The van der Waals surface area contributed by atoms with Gasteiger partial charge >= 0.3 is 11.9 Å². The van der Waals surface area contributed by atoms with Crippen LogP contribution in [0.4, 0.5) is 0 Å². The van der Waals surface area contributed by atoms with Crippen LogP contribution in [-0.2, 0) is 19.1 Å². The van der Waals surface area contributed by atoms with E-state index in [9.17, 15) is 14.4 Å². The molecule has 0 aromatic rings.